The van der Waals surface area contributed by atoms with E-state index in [0.717, 1.165) is 19.4 Å². The monoisotopic (exact) mass is 232 g/mol. The molecule has 1 aromatic rings. The lowest BCUT2D eigenvalue weighted by atomic mass is 9.84. The summed E-state index contributed by atoms with van der Waals surface area (Å²) >= 11 is 0. The molecule has 0 aliphatic heterocycles. The zero-order valence-electron chi connectivity index (χ0n) is 10.1. The van der Waals surface area contributed by atoms with E-state index in [1.165, 1.54) is 5.56 Å². The van der Waals surface area contributed by atoms with Crippen molar-refractivity contribution in [2.75, 3.05) is 13.2 Å². The van der Waals surface area contributed by atoms with Crippen LogP contribution in [0.4, 0.5) is 0 Å². The average molecular weight is 232 g/mol. The van der Waals surface area contributed by atoms with Crippen molar-refractivity contribution in [3.8, 4) is 0 Å². The van der Waals surface area contributed by atoms with Crippen molar-refractivity contribution < 1.29 is 9.84 Å². The van der Waals surface area contributed by atoms with Gasteiger partial charge >= 0.3 is 0 Å². The fraction of sp³-hybridized carbons (Fsp3) is 0.467. The lowest BCUT2D eigenvalue weighted by molar-refractivity contribution is 0.0486. The van der Waals surface area contributed by atoms with E-state index in [-0.39, 0.29) is 6.61 Å². The average Bonchev–Trinajstić information content (AvgIpc) is 2.40. The van der Waals surface area contributed by atoms with Crippen LogP contribution in [0.3, 0.4) is 0 Å². The Balaban J connectivity index is 1.76. The molecule has 2 nitrogen and oxygen atoms in total. The molecule has 2 heteroatoms. The van der Waals surface area contributed by atoms with Crippen LogP contribution in [0.25, 0.3) is 0 Å². The van der Waals surface area contributed by atoms with Crippen LogP contribution in [0.1, 0.15) is 18.4 Å². The maximum Gasteiger partial charge on any atom is 0.0717 e. The van der Waals surface area contributed by atoms with E-state index in [9.17, 15) is 5.11 Å². The number of hydrogen-bond donors (Lipinski definition) is 1. The van der Waals surface area contributed by atoms with E-state index in [0.29, 0.717) is 18.4 Å². The fourth-order valence-electron chi connectivity index (χ4n) is 2.26. The Hall–Kier alpha value is -1.12. The van der Waals surface area contributed by atoms with Crippen LogP contribution < -0.4 is 0 Å². The van der Waals surface area contributed by atoms with Crippen molar-refractivity contribution in [2.45, 2.75) is 19.4 Å². The molecule has 1 aliphatic rings. The van der Waals surface area contributed by atoms with Crippen molar-refractivity contribution in [3.63, 3.8) is 0 Å². The van der Waals surface area contributed by atoms with Gasteiger partial charge in [0.2, 0.25) is 0 Å². The lowest BCUT2D eigenvalue weighted by Gasteiger charge is -2.26. The topological polar surface area (TPSA) is 29.5 Å². The van der Waals surface area contributed by atoms with Crippen LogP contribution in [0, 0.1) is 11.8 Å². The maximum absolute atomic E-state index is 9.29. The molecule has 0 unspecified atom stereocenters. The number of ether oxygens (including phenoxy) is 1. The molecule has 0 heterocycles. The highest BCUT2D eigenvalue weighted by atomic mass is 16.5. The van der Waals surface area contributed by atoms with Gasteiger partial charge in [-0.15, -0.1) is 0 Å². The maximum atomic E-state index is 9.29. The van der Waals surface area contributed by atoms with E-state index >= 15 is 0 Å². The normalized spacial score (nSPS) is 23.8. The van der Waals surface area contributed by atoms with Crippen molar-refractivity contribution in [2.24, 2.45) is 11.8 Å². The van der Waals surface area contributed by atoms with Gasteiger partial charge in [-0.2, -0.15) is 0 Å². The van der Waals surface area contributed by atoms with Gasteiger partial charge in [0.15, 0.2) is 0 Å². The number of allylic oxidation sites excluding steroid dienone is 2. The van der Waals surface area contributed by atoms with E-state index in [1.807, 2.05) is 18.2 Å². The zero-order chi connectivity index (χ0) is 11.9. The van der Waals surface area contributed by atoms with E-state index in [2.05, 4.69) is 24.3 Å². The highest BCUT2D eigenvalue weighted by molar-refractivity contribution is 5.13. The first-order valence-corrected chi connectivity index (χ1v) is 6.27. The highest BCUT2D eigenvalue weighted by Crippen LogP contribution is 2.25. The molecule has 0 aromatic heterocycles. The van der Waals surface area contributed by atoms with Gasteiger partial charge in [0, 0.05) is 6.61 Å². The summed E-state index contributed by atoms with van der Waals surface area (Å²) < 4.78 is 5.75. The van der Waals surface area contributed by atoms with Gasteiger partial charge in [-0.3, -0.25) is 0 Å². The number of aliphatic hydroxyl groups is 1. The zero-order valence-corrected chi connectivity index (χ0v) is 10.1. The quantitative estimate of drug-likeness (QED) is 0.791. The van der Waals surface area contributed by atoms with E-state index in [1.54, 1.807) is 0 Å². The van der Waals surface area contributed by atoms with Crippen LogP contribution in [-0.2, 0) is 11.3 Å². The predicted molar refractivity (Wildman–Crippen MR) is 68.5 cm³/mol. The summed E-state index contributed by atoms with van der Waals surface area (Å²) in [6, 6.07) is 10.2. The van der Waals surface area contributed by atoms with Crippen molar-refractivity contribution >= 4 is 0 Å². The minimum absolute atomic E-state index is 0.268. The number of aliphatic hydroxyl groups excluding tert-OH is 1. The first-order valence-electron chi connectivity index (χ1n) is 6.27. The molecule has 92 valence electrons. The van der Waals surface area contributed by atoms with Crippen molar-refractivity contribution in [1.29, 1.82) is 0 Å². The largest absolute Gasteiger partial charge is 0.396 e. The van der Waals surface area contributed by atoms with Crippen LogP contribution in [0.2, 0.25) is 0 Å². The molecular formula is C15H20O2. The summed E-state index contributed by atoms with van der Waals surface area (Å²) in [5.41, 5.74) is 1.21. The lowest BCUT2D eigenvalue weighted by Crippen LogP contribution is -2.24. The third kappa shape index (κ3) is 3.69. The minimum atomic E-state index is 0.268. The number of benzene rings is 1. The molecule has 0 spiro atoms. The van der Waals surface area contributed by atoms with E-state index in [4.69, 9.17) is 4.74 Å². The smallest absolute Gasteiger partial charge is 0.0717 e. The van der Waals surface area contributed by atoms with Gasteiger partial charge in [-0.25, -0.2) is 0 Å². The molecule has 0 amide bonds. The Morgan fingerprint density at radius 2 is 1.76 bits per heavy atom. The Morgan fingerprint density at radius 1 is 1.06 bits per heavy atom. The van der Waals surface area contributed by atoms with Crippen LogP contribution in [0.15, 0.2) is 42.5 Å². The SMILES string of the molecule is OC[C@H]1CC=CC[C@@H]1COCc1ccccc1. The Morgan fingerprint density at radius 3 is 2.47 bits per heavy atom. The molecule has 0 bridgehead atoms. The molecule has 1 aromatic carbocycles. The second-order valence-corrected chi connectivity index (χ2v) is 4.65. The van der Waals surface area contributed by atoms with Crippen LogP contribution in [0.5, 0.6) is 0 Å². The Kier molecular flexibility index (Phi) is 4.77. The van der Waals surface area contributed by atoms with Crippen LogP contribution in [-0.4, -0.2) is 18.3 Å². The second kappa shape index (κ2) is 6.58. The van der Waals surface area contributed by atoms with Gasteiger partial charge in [-0.1, -0.05) is 42.5 Å². The van der Waals surface area contributed by atoms with Gasteiger partial charge < -0.3 is 9.84 Å². The molecule has 2 atom stereocenters. The number of hydrogen-bond acceptors (Lipinski definition) is 2. The molecular weight excluding hydrogens is 212 g/mol. The van der Waals surface area contributed by atoms with E-state index < -0.39 is 0 Å². The first-order chi connectivity index (χ1) is 8.40. The Labute approximate surface area is 103 Å². The summed E-state index contributed by atoms with van der Waals surface area (Å²) in [6.45, 7) is 1.67. The Bertz CT molecular complexity index is 345. The van der Waals surface area contributed by atoms with Crippen molar-refractivity contribution in [3.05, 3.63) is 48.0 Å². The summed E-state index contributed by atoms with van der Waals surface area (Å²) in [6.07, 6.45) is 6.37. The summed E-state index contributed by atoms with van der Waals surface area (Å²) in [5.74, 6) is 0.837. The molecule has 2 rings (SSSR count). The number of rotatable bonds is 5. The molecule has 0 fully saturated rings. The first kappa shape index (κ1) is 12.3. The molecule has 17 heavy (non-hydrogen) atoms. The predicted octanol–water partition coefficient (Wildman–Crippen LogP) is 2.78. The van der Waals surface area contributed by atoms with Crippen molar-refractivity contribution in [1.82, 2.24) is 0 Å². The fourth-order valence-corrected chi connectivity index (χ4v) is 2.26. The molecule has 1 N–H and O–H groups in total. The molecule has 0 radical (unpaired) electrons. The minimum Gasteiger partial charge on any atom is -0.396 e. The summed E-state index contributed by atoms with van der Waals surface area (Å²) in [5, 5.41) is 9.29. The molecule has 1 aliphatic carbocycles. The van der Waals surface area contributed by atoms with Gasteiger partial charge in [0.05, 0.1) is 13.2 Å². The highest BCUT2D eigenvalue weighted by Gasteiger charge is 2.21. The third-order valence-electron chi connectivity index (χ3n) is 3.39. The van der Waals surface area contributed by atoms with Crippen LogP contribution >= 0.6 is 0 Å². The summed E-state index contributed by atoms with van der Waals surface area (Å²) in [4.78, 5) is 0. The third-order valence-corrected chi connectivity index (χ3v) is 3.39. The van der Waals surface area contributed by atoms with Gasteiger partial charge in [-0.05, 0) is 30.2 Å². The standard InChI is InChI=1S/C15H20O2/c16-10-14-8-4-5-9-15(14)12-17-11-13-6-2-1-3-7-13/h1-7,14-16H,8-12H2/t14-,15-/m1/s1. The molecule has 0 saturated carbocycles. The van der Waals surface area contributed by atoms with Gasteiger partial charge in [0.25, 0.3) is 0 Å². The molecule has 0 saturated heterocycles. The van der Waals surface area contributed by atoms with Gasteiger partial charge in [0.1, 0.15) is 0 Å². The summed E-state index contributed by atoms with van der Waals surface area (Å²) in [7, 11) is 0. The second-order valence-electron chi connectivity index (χ2n) is 4.65.